The lowest BCUT2D eigenvalue weighted by atomic mass is 10.3. The van der Waals surface area contributed by atoms with Crippen molar-refractivity contribution in [3.05, 3.63) is 51.3 Å². The molecule has 1 N–H and O–H groups in total. The van der Waals surface area contributed by atoms with Gasteiger partial charge < -0.3 is 10.1 Å². The van der Waals surface area contributed by atoms with Gasteiger partial charge in [-0.1, -0.05) is 11.6 Å². The van der Waals surface area contributed by atoms with Crippen molar-refractivity contribution in [1.82, 2.24) is 10.3 Å². The van der Waals surface area contributed by atoms with Crippen LogP contribution >= 0.6 is 27.5 Å². The highest BCUT2D eigenvalue weighted by atomic mass is 79.9. The zero-order valence-electron chi connectivity index (χ0n) is 10.1. The summed E-state index contributed by atoms with van der Waals surface area (Å²) < 4.78 is 19.0. The third-order valence-electron chi connectivity index (χ3n) is 2.35. The Kier molecular flexibility index (Phi) is 4.74. The smallest absolute Gasteiger partial charge is 0.219 e. The summed E-state index contributed by atoms with van der Waals surface area (Å²) in [5.74, 6) is 0.568. The van der Waals surface area contributed by atoms with E-state index in [4.69, 9.17) is 16.3 Å². The van der Waals surface area contributed by atoms with E-state index in [1.165, 1.54) is 12.1 Å². The van der Waals surface area contributed by atoms with Gasteiger partial charge >= 0.3 is 0 Å². The predicted molar refractivity (Wildman–Crippen MR) is 76.2 cm³/mol. The molecule has 1 heterocycles. The Hall–Kier alpha value is -1.17. The fourth-order valence-corrected chi connectivity index (χ4v) is 2.00. The van der Waals surface area contributed by atoms with E-state index < -0.39 is 0 Å². The predicted octanol–water partition coefficient (Wildman–Crippen LogP) is 4.15. The maximum Gasteiger partial charge on any atom is 0.219 e. The van der Waals surface area contributed by atoms with E-state index >= 15 is 0 Å². The molecule has 0 saturated heterocycles. The molecule has 2 aromatic rings. The Morgan fingerprint density at radius 3 is 2.84 bits per heavy atom. The van der Waals surface area contributed by atoms with Crippen molar-refractivity contribution in [2.24, 2.45) is 0 Å². The van der Waals surface area contributed by atoms with E-state index in [1.54, 1.807) is 18.2 Å². The van der Waals surface area contributed by atoms with Crippen molar-refractivity contribution < 1.29 is 9.13 Å². The minimum atomic E-state index is -0.340. The van der Waals surface area contributed by atoms with E-state index in [1.807, 2.05) is 7.05 Å². The molecule has 0 radical (unpaired) electrons. The van der Waals surface area contributed by atoms with Crippen LogP contribution < -0.4 is 10.1 Å². The lowest BCUT2D eigenvalue weighted by Crippen LogP contribution is -2.07. The van der Waals surface area contributed by atoms with Gasteiger partial charge in [0.05, 0.1) is 15.2 Å². The number of benzene rings is 1. The number of nitrogens with zero attached hydrogens (tertiary/aromatic N) is 1. The molecular weight excluding hydrogens is 335 g/mol. The number of halogens is 3. The highest BCUT2D eigenvalue weighted by molar-refractivity contribution is 9.10. The number of aromatic nitrogens is 1. The summed E-state index contributed by atoms with van der Waals surface area (Å²) in [6, 6.07) is 7.79. The van der Waals surface area contributed by atoms with Gasteiger partial charge in [0.25, 0.3) is 0 Å². The minimum absolute atomic E-state index is 0.340. The van der Waals surface area contributed by atoms with Crippen LogP contribution in [0.3, 0.4) is 0 Å². The number of hydrogen-bond acceptors (Lipinski definition) is 3. The number of ether oxygens (including phenoxy) is 1. The van der Waals surface area contributed by atoms with Crippen LogP contribution in [0.15, 0.2) is 34.8 Å². The Morgan fingerprint density at radius 1 is 1.37 bits per heavy atom. The third kappa shape index (κ3) is 3.65. The standard InChI is InChI=1S/C13H11BrClFN2O/c1-17-7-12-10(15)3-5-13(18-12)19-8-2-4-11(16)9(14)6-8/h2-6,17H,7H2,1H3. The van der Waals surface area contributed by atoms with Crippen LogP contribution in [0.1, 0.15) is 5.69 Å². The summed E-state index contributed by atoms with van der Waals surface area (Å²) in [6.07, 6.45) is 0. The van der Waals surface area contributed by atoms with E-state index in [2.05, 4.69) is 26.2 Å². The quantitative estimate of drug-likeness (QED) is 0.904. The molecule has 6 heteroatoms. The first-order chi connectivity index (χ1) is 9.10. The van der Waals surface area contributed by atoms with Crippen molar-refractivity contribution >= 4 is 27.5 Å². The maximum absolute atomic E-state index is 13.1. The average molecular weight is 346 g/mol. The first-order valence-corrected chi connectivity index (χ1v) is 6.70. The van der Waals surface area contributed by atoms with E-state index in [0.29, 0.717) is 33.4 Å². The second-order valence-corrected chi connectivity index (χ2v) is 5.05. The second kappa shape index (κ2) is 6.32. The minimum Gasteiger partial charge on any atom is -0.439 e. The number of nitrogens with one attached hydrogen (secondary N) is 1. The Bertz CT molecular complexity index is 595. The van der Waals surface area contributed by atoms with Crippen LogP contribution in [-0.4, -0.2) is 12.0 Å². The largest absolute Gasteiger partial charge is 0.439 e. The van der Waals surface area contributed by atoms with Crippen LogP contribution in [0.4, 0.5) is 4.39 Å². The highest BCUT2D eigenvalue weighted by Gasteiger charge is 2.06. The lowest BCUT2D eigenvalue weighted by molar-refractivity contribution is 0.458. The van der Waals surface area contributed by atoms with Gasteiger partial charge in [-0.25, -0.2) is 9.37 Å². The second-order valence-electron chi connectivity index (χ2n) is 3.79. The zero-order chi connectivity index (χ0) is 13.8. The van der Waals surface area contributed by atoms with Crippen LogP contribution in [0.5, 0.6) is 11.6 Å². The van der Waals surface area contributed by atoms with Crippen LogP contribution in [-0.2, 0) is 6.54 Å². The molecule has 3 nitrogen and oxygen atoms in total. The summed E-state index contributed by atoms with van der Waals surface area (Å²) in [5, 5.41) is 3.54. The molecule has 1 aromatic carbocycles. The Balaban J connectivity index is 2.22. The molecule has 0 spiro atoms. The molecule has 19 heavy (non-hydrogen) atoms. The SMILES string of the molecule is CNCc1nc(Oc2ccc(F)c(Br)c2)ccc1Cl. The molecule has 0 saturated carbocycles. The summed E-state index contributed by atoms with van der Waals surface area (Å²) in [5.41, 5.74) is 0.697. The van der Waals surface area contributed by atoms with Crippen molar-refractivity contribution in [3.8, 4) is 11.6 Å². The fourth-order valence-electron chi connectivity index (χ4n) is 1.47. The highest BCUT2D eigenvalue weighted by Crippen LogP contribution is 2.26. The van der Waals surface area contributed by atoms with E-state index in [0.717, 1.165) is 0 Å². The molecular formula is C13H11BrClFN2O. The lowest BCUT2D eigenvalue weighted by Gasteiger charge is -2.08. The molecule has 1 aromatic heterocycles. The van der Waals surface area contributed by atoms with E-state index in [-0.39, 0.29) is 5.82 Å². The summed E-state index contributed by atoms with van der Waals surface area (Å²) >= 11 is 9.11. The summed E-state index contributed by atoms with van der Waals surface area (Å²) in [7, 11) is 1.81. The normalized spacial score (nSPS) is 10.5. The van der Waals surface area contributed by atoms with Crippen molar-refractivity contribution in [2.75, 3.05) is 7.05 Å². The molecule has 100 valence electrons. The van der Waals surface area contributed by atoms with Crippen LogP contribution in [0, 0.1) is 5.82 Å². The molecule has 0 aliphatic rings. The molecule has 0 aliphatic heterocycles. The van der Waals surface area contributed by atoms with Crippen molar-refractivity contribution in [2.45, 2.75) is 6.54 Å². The van der Waals surface area contributed by atoms with Gasteiger partial charge in [-0.3, -0.25) is 0 Å². The first kappa shape index (κ1) is 14.2. The molecule has 0 atom stereocenters. The molecule has 0 unspecified atom stereocenters. The van der Waals surface area contributed by atoms with Crippen LogP contribution in [0.2, 0.25) is 5.02 Å². The number of pyridine rings is 1. The summed E-state index contributed by atoms with van der Waals surface area (Å²) in [6.45, 7) is 0.545. The average Bonchev–Trinajstić information content (AvgIpc) is 2.38. The van der Waals surface area contributed by atoms with Crippen molar-refractivity contribution in [1.29, 1.82) is 0 Å². The third-order valence-corrected chi connectivity index (χ3v) is 3.30. The number of rotatable bonds is 4. The van der Waals surface area contributed by atoms with Gasteiger partial charge in [0, 0.05) is 12.6 Å². The monoisotopic (exact) mass is 344 g/mol. The molecule has 2 rings (SSSR count). The van der Waals surface area contributed by atoms with Gasteiger partial charge in [-0.05, 0) is 47.2 Å². The summed E-state index contributed by atoms with van der Waals surface area (Å²) in [4.78, 5) is 4.28. The van der Waals surface area contributed by atoms with Gasteiger partial charge in [0.1, 0.15) is 11.6 Å². The Labute approximate surface area is 123 Å². The molecule has 0 amide bonds. The topological polar surface area (TPSA) is 34.2 Å². The van der Waals surface area contributed by atoms with Gasteiger partial charge in [-0.2, -0.15) is 0 Å². The first-order valence-electron chi connectivity index (χ1n) is 5.53. The van der Waals surface area contributed by atoms with E-state index in [9.17, 15) is 4.39 Å². The van der Waals surface area contributed by atoms with Crippen molar-refractivity contribution in [3.63, 3.8) is 0 Å². The van der Waals surface area contributed by atoms with Crippen LogP contribution in [0.25, 0.3) is 0 Å². The molecule has 0 bridgehead atoms. The molecule has 0 fully saturated rings. The Morgan fingerprint density at radius 2 is 2.16 bits per heavy atom. The fraction of sp³-hybridized carbons (Fsp3) is 0.154. The molecule has 0 aliphatic carbocycles. The number of hydrogen-bond donors (Lipinski definition) is 1. The van der Waals surface area contributed by atoms with Gasteiger partial charge in [0.2, 0.25) is 5.88 Å². The zero-order valence-corrected chi connectivity index (χ0v) is 12.4. The maximum atomic E-state index is 13.1. The van der Waals surface area contributed by atoms with Gasteiger partial charge in [-0.15, -0.1) is 0 Å². The van der Waals surface area contributed by atoms with Gasteiger partial charge in [0.15, 0.2) is 0 Å².